The minimum absolute atomic E-state index is 0.0859. The van der Waals surface area contributed by atoms with E-state index in [1.54, 1.807) is 6.08 Å². The van der Waals surface area contributed by atoms with Gasteiger partial charge in [0.15, 0.2) is 0 Å². The Hall–Kier alpha value is -1.38. The fraction of sp³-hybridized carbons (Fsp3) is 0.500. The van der Waals surface area contributed by atoms with E-state index in [1.807, 2.05) is 24.3 Å². The number of allylic oxidation sites excluding steroid dienone is 1. The number of hydrogen-bond donors (Lipinski definition) is 1. The molecule has 1 fully saturated rings. The van der Waals surface area contributed by atoms with E-state index in [-0.39, 0.29) is 13.1 Å². The Morgan fingerprint density at radius 1 is 1.21 bits per heavy atom. The molecule has 3 rings (SSSR count). The van der Waals surface area contributed by atoms with Crippen LogP contribution in [0.15, 0.2) is 29.2 Å². The van der Waals surface area contributed by atoms with Gasteiger partial charge in [-0.25, -0.2) is 13.1 Å². The maximum Gasteiger partial charge on any atom is 0.401 e. The molecule has 0 radical (unpaired) electrons. The summed E-state index contributed by atoms with van der Waals surface area (Å²) in [5.74, 6) is 0. The van der Waals surface area contributed by atoms with Gasteiger partial charge in [0.05, 0.1) is 11.4 Å². The van der Waals surface area contributed by atoms with Crippen LogP contribution in [0.2, 0.25) is 0 Å². The lowest BCUT2D eigenvalue weighted by molar-refractivity contribution is -0.143. The number of sulfonamides is 1. The predicted octanol–water partition coefficient (Wildman–Crippen LogP) is 2.53. The van der Waals surface area contributed by atoms with Crippen molar-refractivity contribution >= 4 is 16.1 Å². The van der Waals surface area contributed by atoms with Crippen LogP contribution >= 0.6 is 0 Å². The molecule has 0 saturated carbocycles. The number of benzene rings is 1. The molecule has 0 amide bonds. The van der Waals surface area contributed by atoms with Gasteiger partial charge in [0.2, 0.25) is 10.0 Å². The molecule has 24 heavy (non-hydrogen) atoms. The Morgan fingerprint density at radius 3 is 2.71 bits per heavy atom. The molecule has 1 saturated heterocycles. The molecule has 0 bridgehead atoms. The third kappa shape index (κ3) is 4.17. The lowest BCUT2D eigenvalue weighted by atomic mass is 9.98. The number of alkyl halides is 3. The molecule has 1 aliphatic carbocycles. The van der Waals surface area contributed by atoms with Gasteiger partial charge in [0.25, 0.3) is 0 Å². The molecular formula is C16H19F3N2O2S. The molecule has 1 N–H and O–H groups in total. The van der Waals surface area contributed by atoms with Crippen molar-refractivity contribution in [3.8, 4) is 0 Å². The largest absolute Gasteiger partial charge is 0.401 e. The fourth-order valence-corrected chi connectivity index (χ4v) is 4.67. The molecule has 1 aromatic carbocycles. The van der Waals surface area contributed by atoms with Crippen molar-refractivity contribution in [2.45, 2.75) is 31.5 Å². The van der Waals surface area contributed by atoms with Gasteiger partial charge in [-0.15, -0.1) is 0 Å². The topological polar surface area (TPSA) is 49.4 Å². The minimum atomic E-state index is -4.26. The van der Waals surface area contributed by atoms with Crippen molar-refractivity contribution in [2.24, 2.45) is 0 Å². The first-order valence-electron chi connectivity index (χ1n) is 7.83. The first kappa shape index (κ1) is 17.4. The van der Waals surface area contributed by atoms with E-state index in [0.717, 1.165) is 11.1 Å². The molecule has 2 aliphatic rings. The van der Waals surface area contributed by atoms with E-state index in [4.69, 9.17) is 0 Å². The van der Waals surface area contributed by atoms with Crippen LogP contribution in [0.5, 0.6) is 0 Å². The average molecular weight is 360 g/mol. The van der Waals surface area contributed by atoms with Gasteiger partial charge in [0.1, 0.15) is 0 Å². The number of aryl methyl sites for hydroxylation is 1. The van der Waals surface area contributed by atoms with Crippen molar-refractivity contribution in [3.63, 3.8) is 0 Å². The van der Waals surface area contributed by atoms with E-state index >= 15 is 0 Å². The highest BCUT2D eigenvalue weighted by molar-refractivity contribution is 7.93. The average Bonchev–Trinajstić information content (AvgIpc) is 2.91. The standard InChI is InChI=1S/C16H19F3N2O2S/c17-16(18,19)11-21-8-7-14(10-21)20-24(22,23)15-6-5-12-3-1-2-4-13(12)9-15/h1-4,9,14,20H,5-8,10-11H2/t14-/m0/s1. The van der Waals surface area contributed by atoms with E-state index < -0.39 is 28.8 Å². The zero-order chi connectivity index (χ0) is 17.4. The van der Waals surface area contributed by atoms with Gasteiger partial charge in [-0.1, -0.05) is 24.3 Å². The van der Waals surface area contributed by atoms with E-state index in [0.29, 0.717) is 24.2 Å². The SMILES string of the molecule is O=S(=O)(N[C@H]1CCN(CC(F)(F)F)C1)C1=Cc2ccccc2CC1. The van der Waals surface area contributed by atoms with Crippen LogP contribution in [-0.2, 0) is 16.4 Å². The molecule has 4 nitrogen and oxygen atoms in total. The Kier molecular flexibility index (Phi) is 4.72. The molecule has 1 aliphatic heterocycles. The Labute approximate surface area is 139 Å². The number of nitrogens with zero attached hydrogens (tertiary/aromatic N) is 1. The zero-order valence-electron chi connectivity index (χ0n) is 13.0. The molecule has 8 heteroatoms. The number of hydrogen-bond acceptors (Lipinski definition) is 3. The highest BCUT2D eigenvalue weighted by Gasteiger charge is 2.36. The monoisotopic (exact) mass is 360 g/mol. The third-order valence-electron chi connectivity index (χ3n) is 4.35. The van der Waals surface area contributed by atoms with Crippen molar-refractivity contribution in [2.75, 3.05) is 19.6 Å². The summed E-state index contributed by atoms with van der Waals surface area (Å²) in [6.45, 7) is -0.668. The van der Waals surface area contributed by atoms with Crippen LogP contribution < -0.4 is 4.72 Å². The molecule has 0 unspecified atom stereocenters. The third-order valence-corrected chi connectivity index (χ3v) is 6.01. The quantitative estimate of drug-likeness (QED) is 0.898. The van der Waals surface area contributed by atoms with Crippen LogP contribution in [0.3, 0.4) is 0 Å². The molecule has 132 valence electrons. The summed E-state index contributed by atoms with van der Waals surface area (Å²) in [5.41, 5.74) is 1.99. The summed E-state index contributed by atoms with van der Waals surface area (Å²) in [6, 6.07) is 7.12. The molecule has 1 heterocycles. The lowest BCUT2D eigenvalue weighted by Crippen LogP contribution is -2.39. The molecule has 1 aromatic rings. The molecule has 0 aromatic heterocycles. The summed E-state index contributed by atoms with van der Waals surface area (Å²) >= 11 is 0. The Morgan fingerprint density at radius 2 is 1.96 bits per heavy atom. The van der Waals surface area contributed by atoms with Crippen molar-refractivity contribution in [3.05, 3.63) is 40.3 Å². The maximum atomic E-state index is 12.5. The number of nitrogens with one attached hydrogen (secondary N) is 1. The highest BCUT2D eigenvalue weighted by Crippen LogP contribution is 2.27. The van der Waals surface area contributed by atoms with Gasteiger partial charge in [0, 0.05) is 19.1 Å². The van der Waals surface area contributed by atoms with Gasteiger partial charge in [-0.05, 0) is 36.5 Å². The van der Waals surface area contributed by atoms with Gasteiger partial charge in [-0.2, -0.15) is 13.2 Å². The van der Waals surface area contributed by atoms with Crippen LogP contribution in [0.1, 0.15) is 24.0 Å². The second-order valence-electron chi connectivity index (χ2n) is 6.27. The smallest absolute Gasteiger partial charge is 0.293 e. The van der Waals surface area contributed by atoms with Crippen LogP contribution in [0, 0.1) is 0 Å². The minimum Gasteiger partial charge on any atom is -0.293 e. The van der Waals surface area contributed by atoms with Gasteiger partial charge in [-0.3, -0.25) is 4.90 Å². The summed E-state index contributed by atoms with van der Waals surface area (Å²) in [4.78, 5) is 1.54. The molecule has 0 spiro atoms. The van der Waals surface area contributed by atoms with Crippen molar-refractivity contribution < 1.29 is 21.6 Å². The highest BCUT2D eigenvalue weighted by atomic mass is 32.2. The molecular weight excluding hydrogens is 341 g/mol. The van der Waals surface area contributed by atoms with E-state index in [2.05, 4.69) is 4.72 Å². The van der Waals surface area contributed by atoms with Crippen LogP contribution in [-0.4, -0.2) is 45.2 Å². The Bertz CT molecular complexity index is 744. The summed E-state index contributed by atoms with van der Waals surface area (Å²) in [7, 11) is -3.67. The number of fused-ring (bicyclic) bond motifs is 1. The van der Waals surface area contributed by atoms with Gasteiger partial charge < -0.3 is 0 Å². The fourth-order valence-electron chi connectivity index (χ4n) is 3.24. The number of likely N-dealkylation sites (tertiary alicyclic amines) is 1. The first-order valence-corrected chi connectivity index (χ1v) is 9.31. The second kappa shape index (κ2) is 6.50. The maximum absolute atomic E-state index is 12.5. The lowest BCUT2D eigenvalue weighted by Gasteiger charge is -2.20. The predicted molar refractivity (Wildman–Crippen MR) is 85.7 cm³/mol. The van der Waals surface area contributed by atoms with Crippen molar-refractivity contribution in [1.29, 1.82) is 0 Å². The van der Waals surface area contributed by atoms with Crippen molar-refractivity contribution in [1.82, 2.24) is 9.62 Å². The molecule has 1 atom stereocenters. The second-order valence-corrected chi connectivity index (χ2v) is 8.03. The van der Waals surface area contributed by atoms with Gasteiger partial charge >= 0.3 is 6.18 Å². The normalized spacial score (nSPS) is 22.3. The van der Waals surface area contributed by atoms with Crippen LogP contribution in [0.25, 0.3) is 6.08 Å². The summed E-state index contributed by atoms with van der Waals surface area (Å²) in [6.07, 6.45) is -1.16. The number of rotatable bonds is 4. The Balaban J connectivity index is 1.67. The van der Waals surface area contributed by atoms with Crippen LogP contribution in [0.4, 0.5) is 13.2 Å². The zero-order valence-corrected chi connectivity index (χ0v) is 13.8. The number of halogens is 3. The summed E-state index contributed by atoms with van der Waals surface area (Å²) < 4.78 is 64.9. The van der Waals surface area contributed by atoms with E-state index in [9.17, 15) is 21.6 Å². The first-order chi connectivity index (χ1) is 11.2. The van der Waals surface area contributed by atoms with E-state index in [1.165, 1.54) is 4.90 Å². The summed E-state index contributed by atoms with van der Waals surface area (Å²) in [5, 5.41) is 0.